The second kappa shape index (κ2) is 5.64. The first-order valence-electron chi connectivity index (χ1n) is 6.39. The average molecular weight is 326 g/mol. The van der Waals surface area contributed by atoms with Crippen molar-refractivity contribution in [1.82, 2.24) is 0 Å². The lowest BCUT2D eigenvalue weighted by Crippen LogP contribution is -2.16. The molecule has 110 valence electrons. The van der Waals surface area contributed by atoms with Crippen LogP contribution in [0.4, 0.5) is 5.69 Å². The SMILES string of the molecule is Nc1ccc(Cl)cc1C(O)c1ccc2c(c1Cl)OCCO2. The molecular formula is C15H13Cl2NO3. The second-order valence-corrected chi connectivity index (χ2v) is 5.48. The molecular weight excluding hydrogens is 313 g/mol. The number of hydrogen-bond acceptors (Lipinski definition) is 4. The zero-order valence-corrected chi connectivity index (χ0v) is 12.5. The molecule has 0 fully saturated rings. The predicted octanol–water partition coefficient (Wildman–Crippen LogP) is 3.43. The van der Waals surface area contributed by atoms with Crippen LogP contribution in [-0.4, -0.2) is 18.3 Å². The summed E-state index contributed by atoms with van der Waals surface area (Å²) in [5.74, 6) is 1.02. The van der Waals surface area contributed by atoms with Gasteiger partial charge in [0.05, 0.1) is 5.02 Å². The van der Waals surface area contributed by atoms with Crippen molar-refractivity contribution >= 4 is 28.9 Å². The van der Waals surface area contributed by atoms with Gasteiger partial charge >= 0.3 is 0 Å². The molecule has 1 heterocycles. The number of hydrogen-bond donors (Lipinski definition) is 2. The largest absolute Gasteiger partial charge is 0.486 e. The minimum absolute atomic E-state index is 0.319. The van der Waals surface area contributed by atoms with Crippen molar-refractivity contribution in [2.45, 2.75) is 6.10 Å². The van der Waals surface area contributed by atoms with Crippen molar-refractivity contribution in [3.63, 3.8) is 0 Å². The Bertz CT molecular complexity index is 691. The Morgan fingerprint density at radius 3 is 2.62 bits per heavy atom. The van der Waals surface area contributed by atoms with E-state index in [-0.39, 0.29) is 0 Å². The van der Waals surface area contributed by atoms with Crippen molar-refractivity contribution in [2.75, 3.05) is 18.9 Å². The fourth-order valence-corrected chi connectivity index (χ4v) is 2.75. The molecule has 2 aromatic carbocycles. The van der Waals surface area contributed by atoms with E-state index in [1.807, 2.05) is 0 Å². The van der Waals surface area contributed by atoms with E-state index in [0.29, 0.717) is 51.6 Å². The first-order chi connectivity index (χ1) is 10.1. The Kier molecular flexibility index (Phi) is 3.85. The molecule has 0 bridgehead atoms. The summed E-state index contributed by atoms with van der Waals surface area (Å²) in [6.07, 6.45) is -0.993. The maximum atomic E-state index is 10.6. The van der Waals surface area contributed by atoms with E-state index in [1.54, 1.807) is 30.3 Å². The van der Waals surface area contributed by atoms with E-state index in [1.165, 1.54) is 0 Å². The summed E-state index contributed by atoms with van der Waals surface area (Å²) >= 11 is 12.3. The van der Waals surface area contributed by atoms with E-state index in [9.17, 15) is 5.11 Å². The Labute approximate surface area is 132 Å². The average Bonchev–Trinajstić information content (AvgIpc) is 2.50. The van der Waals surface area contributed by atoms with Crippen molar-refractivity contribution in [3.8, 4) is 11.5 Å². The van der Waals surface area contributed by atoms with Crippen LogP contribution in [0.25, 0.3) is 0 Å². The third kappa shape index (κ3) is 2.62. The Balaban J connectivity index is 2.06. The molecule has 0 radical (unpaired) electrons. The van der Waals surface area contributed by atoms with Crippen molar-refractivity contribution in [1.29, 1.82) is 0 Å². The lowest BCUT2D eigenvalue weighted by Gasteiger charge is -2.22. The van der Waals surface area contributed by atoms with Gasteiger partial charge in [0.2, 0.25) is 0 Å². The van der Waals surface area contributed by atoms with Crippen LogP contribution in [0.2, 0.25) is 10.0 Å². The zero-order chi connectivity index (χ0) is 15.0. The van der Waals surface area contributed by atoms with Crippen LogP contribution in [0.15, 0.2) is 30.3 Å². The number of benzene rings is 2. The van der Waals surface area contributed by atoms with Gasteiger partial charge in [-0.2, -0.15) is 0 Å². The molecule has 4 nitrogen and oxygen atoms in total. The molecule has 6 heteroatoms. The summed E-state index contributed by atoms with van der Waals surface area (Å²) < 4.78 is 11.0. The van der Waals surface area contributed by atoms with E-state index < -0.39 is 6.10 Å². The molecule has 1 unspecified atom stereocenters. The molecule has 0 saturated carbocycles. The van der Waals surface area contributed by atoms with E-state index >= 15 is 0 Å². The third-order valence-electron chi connectivity index (χ3n) is 3.32. The van der Waals surface area contributed by atoms with Gasteiger partial charge in [0.25, 0.3) is 0 Å². The number of fused-ring (bicyclic) bond motifs is 1. The Morgan fingerprint density at radius 2 is 1.81 bits per heavy atom. The number of anilines is 1. The zero-order valence-electron chi connectivity index (χ0n) is 11.0. The number of rotatable bonds is 2. The highest BCUT2D eigenvalue weighted by atomic mass is 35.5. The highest BCUT2D eigenvalue weighted by Crippen LogP contribution is 2.43. The summed E-state index contributed by atoms with van der Waals surface area (Å²) in [4.78, 5) is 0. The van der Waals surface area contributed by atoms with E-state index in [0.717, 1.165) is 0 Å². The van der Waals surface area contributed by atoms with E-state index in [2.05, 4.69) is 0 Å². The molecule has 1 aliphatic rings. The van der Waals surface area contributed by atoms with E-state index in [4.69, 9.17) is 38.4 Å². The number of nitrogen functional groups attached to an aromatic ring is 1. The molecule has 2 aromatic rings. The lowest BCUT2D eigenvalue weighted by molar-refractivity contribution is 0.170. The van der Waals surface area contributed by atoms with Crippen LogP contribution < -0.4 is 15.2 Å². The molecule has 1 aliphatic heterocycles. The molecule has 1 atom stereocenters. The summed E-state index contributed by atoms with van der Waals surface area (Å²) in [5, 5.41) is 11.4. The number of nitrogens with two attached hydrogens (primary N) is 1. The summed E-state index contributed by atoms with van der Waals surface area (Å²) in [6.45, 7) is 0.901. The summed E-state index contributed by atoms with van der Waals surface area (Å²) in [5.41, 5.74) is 7.34. The van der Waals surface area contributed by atoms with Gasteiger partial charge in [-0.05, 0) is 24.3 Å². The topological polar surface area (TPSA) is 64.7 Å². The van der Waals surface area contributed by atoms with Crippen LogP contribution in [0.3, 0.4) is 0 Å². The molecule has 0 spiro atoms. The van der Waals surface area contributed by atoms with Gasteiger partial charge < -0.3 is 20.3 Å². The summed E-state index contributed by atoms with van der Waals surface area (Å²) in [6, 6.07) is 8.35. The molecule has 3 N–H and O–H groups in total. The highest BCUT2D eigenvalue weighted by molar-refractivity contribution is 6.33. The van der Waals surface area contributed by atoms with Gasteiger partial charge in [-0.25, -0.2) is 0 Å². The maximum absolute atomic E-state index is 10.6. The van der Waals surface area contributed by atoms with Crippen LogP contribution in [-0.2, 0) is 0 Å². The van der Waals surface area contributed by atoms with Gasteiger partial charge in [0.1, 0.15) is 19.3 Å². The van der Waals surface area contributed by atoms with Crippen LogP contribution in [0.1, 0.15) is 17.2 Å². The maximum Gasteiger partial charge on any atom is 0.180 e. The van der Waals surface area contributed by atoms with Crippen molar-refractivity contribution < 1.29 is 14.6 Å². The normalized spacial score (nSPS) is 14.8. The quantitative estimate of drug-likeness (QED) is 0.830. The van der Waals surface area contributed by atoms with Crippen LogP contribution in [0.5, 0.6) is 11.5 Å². The molecule has 0 aromatic heterocycles. The lowest BCUT2D eigenvalue weighted by atomic mass is 9.99. The number of aliphatic hydroxyl groups is 1. The first-order valence-corrected chi connectivity index (χ1v) is 7.14. The van der Waals surface area contributed by atoms with Gasteiger partial charge in [0.15, 0.2) is 11.5 Å². The summed E-state index contributed by atoms with van der Waals surface area (Å²) in [7, 11) is 0. The van der Waals surface area contributed by atoms with Crippen molar-refractivity contribution in [2.24, 2.45) is 0 Å². The van der Waals surface area contributed by atoms with Gasteiger partial charge in [-0.15, -0.1) is 0 Å². The second-order valence-electron chi connectivity index (χ2n) is 4.67. The molecule has 0 saturated heterocycles. The third-order valence-corrected chi connectivity index (χ3v) is 3.94. The standard InChI is InChI=1S/C15H13Cl2NO3/c16-8-1-3-11(18)10(7-8)14(19)9-2-4-12-15(13(9)17)21-6-5-20-12/h1-4,7,14,19H,5-6,18H2. The minimum Gasteiger partial charge on any atom is -0.486 e. The van der Waals surface area contributed by atoms with Crippen LogP contribution >= 0.6 is 23.2 Å². The Hall–Kier alpha value is -1.62. The van der Waals surface area contributed by atoms with Crippen LogP contribution in [0, 0.1) is 0 Å². The fourth-order valence-electron chi connectivity index (χ4n) is 2.26. The predicted molar refractivity (Wildman–Crippen MR) is 82.4 cm³/mol. The molecule has 21 heavy (non-hydrogen) atoms. The van der Waals surface area contributed by atoms with Gasteiger partial charge in [-0.3, -0.25) is 0 Å². The molecule has 0 aliphatic carbocycles. The minimum atomic E-state index is -0.993. The highest BCUT2D eigenvalue weighted by Gasteiger charge is 2.23. The molecule has 0 amide bonds. The van der Waals surface area contributed by atoms with Gasteiger partial charge in [0, 0.05) is 21.8 Å². The fraction of sp³-hybridized carbons (Fsp3) is 0.200. The number of ether oxygens (including phenoxy) is 2. The monoisotopic (exact) mass is 325 g/mol. The number of aliphatic hydroxyl groups excluding tert-OH is 1. The molecule has 3 rings (SSSR count). The smallest absolute Gasteiger partial charge is 0.180 e. The first kappa shape index (κ1) is 14.3. The Morgan fingerprint density at radius 1 is 1.05 bits per heavy atom. The van der Waals surface area contributed by atoms with Crippen molar-refractivity contribution in [3.05, 3.63) is 51.5 Å². The van der Waals surface area contributed by atoms with Gasteiger partial charge in [-0.1, -0.05) is 29.3 Å². The number of halogens is 2.